The van der Waals surface area contributed by atoms with Crippen molar-refractivity contribution in [3.63, 3.8) is 0 Å². The average molecular weight is 550 g/mol. The lowest BCUT2D eigenvalue weighted by Gasteiger charge is -2.30. The largest absolute Gasteiger partial charge is 0.466 e. The predicted molar refractivity (Wildman–Crippen MR) is 133 cm³/mol. The number of hydrogen-bond donors (Lipinski definition) is 2. The zero-order valence-electron chi connectivity index (χ0n) is 20.8. The van der Waals surface area contributed by atoms with E-state index in [1.165, 1.54) is 13.2 Å². The lowest BCUT2D eigenvalue weighted by Crippen LogP contribution is -2.50. The molecule has 1 atom stereocenters. The molecule has 0 saturated heterocycles. The molecule has 0 bridgehead atoms. The Bertz CT molecular complexity index is 1050. The van der Waals surface area contributed by atoms with Gasteiger partial charge in [0.2, 0.25) is 0 Å². The first kappa shape index (κ1) is 30.1. The fourth-order valence-electron chi connectivity index (χ4n) is 3.07. The topological polar surface area (TPSA) is 77.0 Å². The van der Waals surface area contributed by atoms with Crippen LogP contribution < -0.4 is 10.1 Å². The molecule has 0 fully saturated rings. The highest BCUT2D eigenvalue weighted by atomic mass is 35.5. The van der Waals surface area contributed by atoms with Gasteiger partial charge in [0.25, 0.3) is 0 Å². The number of aryl methyl sites for hydroxylation is 1. The molecule has 0 heterocycles. The van der Waals surface area contributed by atoms with Crippen molar-refractivity contribution >= 4 is 29.5 Å². The van der Waals surface area contributed by atoms with Crippen molar-refractivity contribution in [3.05, 3.63) is 52.5 Å². The summed E-state index contributed by atoms with van der Waals surface area (Å²) in [5.74, 6) is 0.252. The van der Waals surface area contributed by atoms with Crippen molar-refractivity contribution < 1.29 is 37.3 Å². The minimum absolute atomic E-state index is 0.112. The van der Waals surface area contributed by atoms with Crippen LogP contribution in [0.15, 0.2) is 46.2 Å². The Kier molecular flexibility index (Phi) is 10.4. The molecule has 200 valence electrons. The van der Waals surface area contributed by atoms with Gasteiger partial charge in [0, 0.05) is 17.0 Å². The number of benzene rings is 2. The Labute approximate surface area is 218 Å². The fraction of sp³-hybridized carbons (Fsp3) is 0.480. The number of ether oxygens (including phenoxy) is 3. The number of rotatable bonds is 10. The second-order valence-corrected chi connectivity index (χ2v) is 10.9. The molecule has 0 spiro atoms. The SMILES string of the molecule is COCOc1ccc(C(F)(F)F)cc1Sc1ccc(CC[C@@](C)(CO)NC(=O)OC(C)(C)C)c(Cl)c1. The highest BCUT2D eigenvalue weighted by molar-refractivity contribution is 7.99. The van der Waals surface area contributed by atoms with Gasteiger partial charge >= 0.3 is 12.3 Å². The van der Waals surface area contributed by atoms with Crippen LogP contribution in [0.1, 0.15) is 45.2 Å². The van der Waals surface area contributed by atoms with Crippen molar-refractivity contribution in [2.75, 3.05) is 20.5 Å². The predicted octanol–water partition coefficient (Wildman–Crippen LogP) is 6.70. The van der Waals surface area contributed by atoms with E-state index in [2.05, 4.69) is 5.32 Å². The Morgan fingerprint density at radius 2 is 1.81 bits per heavy atom. The molecule has 0 unspecified atom stereocenters. The summed E-state index contributed by atoms with van der Waals surface area (Å²) in [6.07, 6.45) is -4.33. The maximum Gasteiger partial charge on any atom is 0.416 e. The van der Waals surface area contributed by atoms with E-state index in [9.17, 15) is 23.1 Å². The maximum absolute atomic E-state index is 13.2. The minimum Gasteiger partial charge on any atom is -0.466 e. The second-order valence-electron chi connectivity index (χ2n) is 9.41. The van der Waals surface area contributed by atoms with Gasteiger partial charge in [0.1, 0.15) is 11.4 Å². The summed E-state index contributed by atoms with van der Waals surface area (Å²) < 4.78 is 55.2. The maximum atomic E-state index is 13.2. The Morgan fingerprint density at radius 3 is 2.36 bits per heavy atom. The summed E-state index contributed by atoms with van der Waals surface area (Å²) in [6, 6.07) is 8.39. The molecule has 1 amide bonds. The van der Waals surface area contributed by atoms with E-state index < -0.39 is 29.0 Å². The van der Waals surface area contributed by atoms with Crippen LogP contribution in [0.5, 0.6) is 5.75 Å². The van der Waals surface area contributed by atoms with E-state index >= 15 is 0 Å². The first-order valence-corrected chi connectivity index (χ1v) is 12.3. The lowest BCUT2D eigenvalue weighted by atomic mass is 9.94. The summed E-state index contributed by atoms with van der Waals surface area (Å²) in [5.41, 5.74) is -1.65. The third-order valence-electron chi connectivity index (χ3n) is 4.95. The van der Waals surface area contributed by atoms with Gasteiger partial charge in [-0.3, -0.25) is 0 Å². The summed E-state index contributed by atoms with van der Waals surface area (Å²) >= 11 is 7.55. The van der Waals surface area contributed by atoms with Crippen LogP contribution >= 0.6 is 23.4 Å². The summed E-state index contributed by atoms with van der Waals surface area (Å²) in [6.45, 7) is 6.51. The van der Waals surface area contributed by atoms with Gasteiger partial charge < -0.3 is 24.6 Å². The van der Waals surface area contributed by atoms with Crippen molar-refractivity contribution in [3.8, 4) is 5.75 Å². The van der Waals surface area contributed by atoms with E-state index in [-0.39, 0.29) is 24.0 Å². The lowest BCUT2D eigenvalue weighted by molar-refractivity contribution is -0.137. The Hall–Kier alpha value is -2.14. The minimum atomic E-state index is -4.50. The van der Waals surface area contributed by atoms with Crippen molar-refractivity contribution in [1.82, 2.24) is 5.32 Å². The Balaban J connectivity index is 2.16. The van der Waals surface area contributed by atoms with Crippen LogP contribution in [-0.2, 0) is 22.1 Å². The highest BCUT2D eigenvalue weighted by Crippen LogP contribution is 2.40. The van der Waals surface area contributed by atoms with Crippen molar-refractivity contribution in [1.29, 1.82) is 0 Å². The number of methoxy groups -OCH3 is 1. The van der Waals surface area contributed by atoms with Gasteiger partial charge in [-0.2, -0.15) is 13.2 Å². The molecule has 2 aromatic carbocycles. The number of aliphatic hydroxyl groups excluding tert-OH is 1. The summed E-state index contributed by atoms with van der Waals surface area (Å²) in [7, 11) is 1.42. The first-order valence-electron chi connectivity index (χ1n) is 11.1. The summed E-state index contributed by atoms with van der Waals surface area (Å²) in [4.78, 5) is 13.0. The van der Waals surface area contributed by atoms with Crippen molar-refractivity contribution in [2.45, 2.75) is 67.6 Å². The molecule has 0 aliphatic carbocycles. The second kappa shape index (κ2) is 12.4. The van der Waals surface area contributed by atoms with Gasteiger partial charge in [-0.25, -0.2) is 4.79 Å². The van der Waals surface area contributed by atoms with E-state index in [1.54, 1.807) is 45.9 Å². The van der Waals surface area contributed by atoms with Gasteiger partial charge in [0.15, 0.2) is 6.79 Å². The van der Waals surface area contributed by atoms with E-state index in [4.69, 9.17) is 25.8 Å². The normalized spacial score (nSPS) is 13.7. The van der Waals surface area contributed by atoms with Gasteiger partial charge in [-0.1, -0.05) is 29.4 Å². The van der Waals surface area contributed by atoms with Crippen LogP contribution in [0, 0.1) is 0 Å². The molecule has 0 aliphatic rings. The van der Waals surface area contributed by atoms with Gasteiger partial charge in [0.05, 0.1) is 22.6 Å². The smallest absolute Gasteiger partial charge is 0.416 e. The third-order valence-corrected chi connectivity index (χ3v) is 6.33. The molecule has 36 heavy (non-hydrogen) atoms. The highest BCUT2D eigenvalue weighted by Gasteiger charge is 2.31. The number of amides is 1. The van der Waals surface area contributed by atoms with E-state index in [1.807, 2.05) is 0 Å². The van der Waals surface area contributed by atoms with Crippen LogP contribution in [0.3, 0.4) is 0 Å². The zero-order chi connectivity index (χ0) is 27.1. The molecule has 2 rings (SSSR count). The van der Waals surface area contributed by atoms with E-state index in [0.717, 1.165) is 29.5 Å². The average Bonchev–Trinajstić information content (AvgIpc) is 2.75. The van der Waals surface area contributed by atoms with Gasteiger partial charge in [-0.05, 0) is 76.4 Å². The molecule has 11 heteroatoms. The quantitative estimate of drug-likeness (QED) is 0.321. The van der Waals surface area contributed by atoms with Crippen LogP contribution in [0.25, 0.3) is 0 Å². The van der Waals surface area contributed by atoms with Crippen LogP contribution in [0.2, 0.25) is 5.02 Å². The third kappa shape index (κ3) is 9.38. The van der Waals surface area contributed by atoms with Gasteiger partial charge in [-0.15, -0.1) is 0 Å². The molecular weight excluding hydrogens is 519 g/mol. The number of hydrogen-bond acceptors (Lipinski definition) is 6. The van der Waals surface area contributed by atoms with Crippen LogP contribution in [0.4, 0.5) is 18.0 Å². The fourth-order valence-corrected chi connectivity index (χ4v) is 4.39. The molecule has 6 nitrogen and oxygen atoms in total. The van der Waals surface area contributed by atoms with Crippen molar-refractivity contribution in [2.24, 2.45) is 0 Å². The van der Waals surface area contributed by atoms with E-state index in [0.29, 0.717) is 22.8 Å². The zero-order valence-corrected chi connectivity index (χ0v) is 22.4. The number of alkyl halides is 3. The number of halogens is 4. The molecule has 2 N–H and O–H groups in total. The Morgan fingerprint density at radius 1 is 1.11 bits per heavy atom. The monoisotopic (exact) mass is 549 g/mol. The van der Waals surface area contributed by atoms with Crippen LogP contribution in [-0.4, -0.2) is 42.8 Å². The standard InChI is InChI=1S/C25H31ClF3NO5S/c1-23(2,3)35-22(32)30-24(4,14-31)11-10-16-6-8-18(13-19(16)26)36-21-12-17(25(27,28)29)7-9-20(21)34-15-33-5/h6-9,12-13,31H,10-11,14-15H2,1-5H3,(H,30,32)/t24-/m0/s1. The number of aliphatic hydroxyl groups is 1. The number of nitrogens with one attached hydrogen (secondary N) is 1. The first-order chi connectivity index (χ1) is 16.7. The number of alkyl carbamates (subject to hydrolysis) is 1. The number of carbonyl (C=O) groups excluding carboxylic acids is 1. The number of carbonyl (C=O) groups is 1. The molecule has 0 aliphatic heterocycles. The molecular formula is C25H31ClF3NO5S. The summed E-state index contributed by atoms with van der Waals surface area (Å²) in [5, 5.41) is 13.0. The molecule has 2 aromatic rings. The molecule has 0 saturated carbocycles. The molecule has 0 radical (unpaired) electrons. The molecule has 0 aromatic heterocycles.